The first-order chi connectivity index (χ1) is 5.20. The number of aldehydes is 1. The number of carbonyl (C=O) groups excluding carboxylic acids is 1. The smallest absolute Gasteiger partial charge is 0.142 e. The summed E-state index contributed by atoms with van der Waals surface area (Å²) in [6.07, 6.45) is 7.63. The van der Waals surface area contributed by atoms with Crippen LogP contribution in [0, 0.1) is 5.92 Å². The second-order valence-corrected chi connectivity index (χ2v) is 2.86. The third kappa shape index (κ3) is 5.59. The van der Waals surface area contributed by atoms with Gasteiger partial charge < -0.3 is 0 Å². The first-order valence-corrected chi connectivity index (χ1v) is 3.94. The van der Waals surface area contributed by atoms with E-state index in [1.54, 1.807) is 6.08 Å². The third-order valence-electron chi connectivity index (χ3n) is 1.52. The van der Waals surface area contributed by atoms with Gasteiger partial charge in [-0.1, -0.05) is 24.6 Å². The summed E-state index contributed by atoms with van der Waals surface area (Å²) in [5.74, 6) is 0.538. The highest BCUT2D eigenvalue weighted by molar-refractivity contribution is 5.65. The van der Waals surface area contributed by atoms with Crippen LogP contribution >= 0.6 is 0 Å². The fourth-order valence-corrected chi connectivity index (χ4v) is 1.09. The summed E-state index contributed by atoms with van der Waals surface area (Å²) in [6.45, 7) is 6.13. The predicted molar refractivity (Wildman–Crippen MR) is 48.4 cm³/mol. The second kappa shape index (κ2) is 5.90. The van der Waals surface area contributed by atoms with Gasteiger partial charge in [-0.15, -0.1) is 0 Å². The second-order valence-electron chi connectivity index (χ2n) is 2.86. The molecule has 1 nitrogen and oxygen atoms in total. The zero-order valence-corrected chi connectivity index (χ0v) is 7.50. The Hall–Kier alpha value is -0.850. The Morgan fingerprint density at radius 3 is 2.64 bits per heavy atom. The Balaban J connectivity index is 3.83. The SMILES string of the molecule is C/C=C/C(C)C/C(C)=C/C=O. The zero-order chi connectivity index (χ0) is 8.69. The van der Waals surface area contributed by atoms with Crippen molar-refractivity contribution < 1.29 is 4.79 Å². The van der Waals surface area contributed by atoms with E-state index < -0.39 is 0 Å². The molecular formula is C10H16O. The molecular weight excluding hydrogens is 136 g/mol. The van der Waals surface area contributed by atoms with Crippen molar-refractivity contribution in [3.63, 3.8) is 0 Å². The molecule has 0 rings (SSSR count). The Morgan fingerprint density at radius 1 is 1.55 bits per heavy atom. The van der Waals surface area contributed by atoms with Gasteiger partial charge in [-0.3, -0.25) is 4.79 Å². The van der Waals surface area contributed by atoms with E-state index in [2.05, 4.69) is 13.0 Å². The van der Waals surface area contributed by atoms with E-state index in [0.29, 0.717) is 5.92 Å². The summed E-state index contributed by atoms with van der Waals surface area (Å²) < 4.78 is 0. The van der Waals surface area contributed by atoms with Gasteiger partial charge in [0.15, 0.2) is 0 Å². The number of carbonyl (C=O) groups is 1. The molecule has 0 heterocycles. The van der Waals surface area contributed by atoms with Crippen LogP contribution in [0.5, 0.6) is 0 Å². The molecule has 0 aliphatic rings. The Kier molecular flexibility index (Phi) is 5.44. The van der Waals surface area contributed by atoms with Crippen LogP contribution < -0.4 is 0 Å². The molecule has 11 heavy (non-hydrogen) atoms. The molecule has 62 valence electrons. The molecule has 0 aromatic heterocycles. The topological polar surface area (TPSA) is 17.1 Å². The average molecular weight is 152 g/mol. The highest BCUT2D eigenvalue weighted by atomic mass is 16.1. The van der Waals surface area contributed by atoms with E-state index in [1.807, 2.05) is 19.9 Å². The first-order valence-electron chi connectivity index (χ1n) is 3.94. The van der Waals surface area contributed by atoms with Gasteiger partial charge in [-0.05, 0) is 32.3 Å². The van der Waals surface area contributed by atoms with E-state index >= 15 is 0 Å². The molecule has 0 saturated heterocycles. The van der Waals surface area contributed by atoms with Crippen LogP contribution in [0.25, 0.3) is 0 Å². The van der Waals surface area contributed by atoms with Crippen molar-refractivity contribution >= 4 is 6.29 Å². The summed E-state index contributed by atoms with van der Waals surface area (Å²) in [5, 5.41) is 0. The van der Waals surface area contributed by atoms with E-state index in [0.717, 1.165) is 18.3 Å². The lowest BCUT2D eigenvalue weighted by atomic mass is 10.0. The molecule has 0 aliphatic heterocycles. The molecule has 1 atom stereocenters. The van der Waals surface area contributed by atoms with Crippen LogP contribution in [0.3, 0.4) is 0 Å². The third-order valence-corrected chi connectivity index (χ3v) is 1.52. The van der Waals surface area contributed by atoms with Crippen molar-refractivity contribution in [1.82, 2.24) is 0 Å². The number of hydrogen-bond acceptors (Lipinski definition) is 1. The molecule has 0 saturated carbocycles. The summed E-state index contributed by atoms with van der Waals surface area (Å²) in [5.41, 5.74) is 1.14. The van der Waals surface area contributed by atoms with Gasteiger partial charge in [-0.2, -0.15) is 0 Å². The average Bonchev–Trinajstić information content (AvgIpc) is 1.87. The molecule has 1 heteroatoms. The van der Waals surface area contributed by atoms with Crippen molar-refractivity contribution in [1.29, 1.82) is 0 Å². The maximum Gasteiger partial charge on any atom is 0.142 e. The van der Waals surface area contributed by atoms with Gasteiger partial charge in [-0.25, -0.2) is 0 Å². The van der Waals surface area contributed by atoms with E-state index in [-0.39, 0.29) is 0 Å². The standard InChI is InChI=1S/C10H16O/c1-4-5-9(2)8-10(3)6-7-11/h4-7,9H,8H2,1-3H3/b5-4+,10-6+. The van der Waals surface area contributed by atoms with Crippen molar-refractivity contribution in [2.75, 3.05) is 0 Å². The van der Waals surface area contributed by atoms with Crippen LogP contribution in [0.15, 0.2) is 23.8 Å². The Bertz CT molecular complexity index is 166. The molecule has 0 N–H and O–H groups in total. The van der Waals surface area contributed by atoms with Crippen molar-refractivity contribution in [2.45, 2.75) is 27.2 Å². The van der Waals surface area contributed by atoms with Crippen LogP contribution in [0.4, 0.5) is 0 Å². The van der Waals surface area contributed by atoms with Crippen molar-refractivity contribution in [3.8, 4) is 0 Å². The largest absolute Gasteiger partial charge is 0.299 e. The van der Waals surface area contributed by atoms with E-state index in [9.17, 15) is 4.79 Å². The lowest BCUT2D eigenvalue weighted by Gasteiger charge is -2.04. The predicted octanol–water partition coefficient (Wildman–Crippen LogP) is 2.73. The summed E-state index contributed by atoms with van der Waals surface area (Å²) in [6, 6.07) is 0. The fourth-order valence-electron chi connectivity index (χ4n) is 1.09. The molecule has 0 spiro atoms. The summed E-state index contributed by atoms with van der Waals surface area (Å²) in [7, 11) is 0. The first kappa shape index (κ1) is 10.2. The van der Waals surface area contributed by atoms with Crippen LogP contribution in [0.1, 0.15) is 27.2 Å². The highest BCUT2D eigenvalue weighted by Crippen LogP contribution is 2.10. The Morgan fingerprint density at radius 2 is 2.18 bits per heavy atom. The molecule has 0 radical (unpaired) electrons. The van der Waals surface area contributed by atoms with Crippen molar-refractivity contribution in [2.24, 2.45) is 5.92 Å². The lowest BCUT2D eigenvalue weighted by molar-refractivity contribution is -0.104. The monoisotopic (exact) mass is 152 g/mol. The summed E-state index contributed by atoms with van der Waals surface area (Å²) >= 11 is 0. The van der Waals surface area contributed by atoms with Gasteiger partial charge in [0, 0.05) is 0 Å². The number of allylic oxidation sites excluding steroid dienone is 4. The number of rotatable bonds is 4. The minimum Gasteiger partial charge on any atom is -0.299 e. The van der Waals surface area contributed by atoms with E-state index in [4.69, 9.17) is 0 Å². The minimum absolute atomic E-state index is 0.538. The lowest BCUT2D eigenvalue weighted by Crippen LogP contribution is -1.90. The Labute approximate surface area is 68.8 Å². The van der Waals surface area contributed by atoms with Gasteiger partial charge in [0.2, 0.25) is 0 Å². The molecule has 0 amide bonds. The molecule has 0 aliphatic carbocycles. The van der Waals surface area contributed by atoms with Crippen molar-refractivity contribution in [3.05, 3.63) is 23.8 Å². The van der Waals surface area contributed by atoms with E-state index in [1.165, 1.54) is 0 Å². The van der Waals surface area contributed by atoms with Crippen LogP contribution in [-0.4, -0.2) is 6.29 Å². The molecule has 0 aromatic carbocycles. The fraction of sp³-hybridized carbons (Fsp3) is 0.500. The summed E-state index contributed by atoms with van der Waals surface area (Å²) in [4.78, 5) is 10.1. The highest BCUT2D eigenvalue weighted by Gasteiger charge is 1.96. The normalized spacial score (nSPS) is 15.4. The molecule has 0 aromatic rings. The zero-order valence-electron chi connectivity index (χ0n) is 7.50. The molecule has 1 unspecified atom stereocenters. The maximum absolute atomic E-state index is 10.1. The van der Waals surface area contributed by atoms with Gasteiger partial charge >= 0.3 is 0 Å². The van der Waals surface area contributed by atoms with Crippen LogP contribution in [0.2, 0.25) is 0 Å². The quantitative estimate of drug-likeness (QED) is 0.344. The van der Waals surface area contributed by atoms with Crippen LogP contribution in [-0.2, 0) is 4.79 Å². The van der Waals surface area contributed by atoms with Gasteiger partial charge in [0.05, 0.1) is 0 Å². The molecule has 0 fully saturated rings. The minimum atomic E-state index is 0.538. The van der Waals surface area contributed by atoms with Gasteiger partial charge in [0.25, 0.3) is 0 Å². The van der Waals surface area contributed by atoms with Gasteiger partial charge in [0.1, 0.15) is 6.29 Å². The molecule has 0 bridgehead atoms. The maximum atomic E-state index is 10.1. The number of hydrogen-bond donors (Lipinski definition) is 0.